The number of fused-ring (bicyclic) bond motifs is 12. The van der Waals surface area contributed by atoms with Crippen molar-refractivity contribution in [1.82, 2.24) is 9.13 Å². The Bertz CT molecular complexity index is 4020. The van der Waals surface area contributed by atoms with Crippen molar-refractivity contribution in [2.75, 3.05) is 0 Å². The molecule has 0 radical (unpaired) electrons. The molecule has 338 valence electrons. The Morgan fingerprint density at radius 3 is 0.944 bits per heavy atom. The molecule has 0 bridgehead atoms. The van der Waals surface area contributed by atoms with Crippen molar-refractivity contribution in [2.24, 2.45) is 0 Å². The van der Waals surface area contributed by atoms with Crippen LogP contribution in [0.1, 0.15) is 11.1 Å². The van der Waals surface area contributed by atoms with Crippen molar-refractivity contribution >= 4 is 101 Å². The third-order valence-corrected chi connectivity index (χ3v) is 26.1. The molecule has 4 heterocycles. The van der Waals surface area contributed by atoms with Gasteiger partial charge in [0.25, 0.3) is 0 Å². The summed E-state index contributed by atoms with van der Waals surface area (Å²) in [6.07, 6.45) is 0. The van der Waals surface area contributed by atoms with Gasteiger partial charge in [0, 0.05) is 32.9 Å². The fraction of sp³-hybridized carbons (Fsp3) is 0.0294. The Labute approximate surface area is 421 Å². The highest BCUT2D eigenvalue weighted by Crippen LogP contribution is 2.38. The van der Waals surface area contributed by atoms with Gasteiger partial charge in [0.15, 0.2) is 16.1 Å². The van der Waals surface area contributed by atoms with Gasteiger partial charge < -0.3 is 9.13 Å². The number of rotatable bonds is 6. The predicted octanol–water partition coefficient (Wildman–Crippen LogP) is 11.2. The Morgan fingerprint density at radius 2 is 0.569 bits per heavy atom. The van der Waals surface area contributed by atoms with E-state index in [0.29, 0.717) is 0 Å². The summed E-state index contributed by atoms with van der Waals surface area (Å²) >= 11 is 0. The number of aryl methyl sites for hydroxylation is 2. The van der Waals surface area contributed by atoms with Gasteiger partial charge in [-0.2, -0.15) is 0 Å². The van der Waals surface area contributed by atoms with Crippen LogP contribution in [0, 0.1) is 13.8 Å². The molecular weight excluding hydrogens is 901 g/mol. The van der Waals surface area contributed by atoms with Gasteiger partial charge in [0.1, 0.15) is 0 Å². The van der Waals surface area contributed by atoms with Crippen LogP contribution in [-0.4, -0.2) is 25.3 Å². The first-order chi connectivity index (χ1) is 35.5. The van der Waals surface area contributed by atoms with E-state index in [1.165, 1.54) is 118 Å². The molecule has 0 atom stereocenters. The van der Waals surface area contributed by atoms with Gasteiger partial charge in [-0.05, 0) is 132 Å². The smallest absolute Gasteiger partial charge is 0.180 e. The predicted molar refractivity (Wildman–Crippen MR) is 310 cm³/mol. The minimum atomic E-state index is -2.81. The summed E-state index contributed by atoms with van der Waals surface area (Å²) in [5.41, 5.74) is 15.1. The first-order valence-electron chi connectivity index (χ1n) is 25.2. The van der Waals surface area contributed by atoms with Crippen LogP contribution < -0.4 is 41.5 Å². The minimum absolute atomic E-state index is 1.14. The Balaban J connectivity index is 1.05. The van der Waals surface area contributed by atoms with E-state index in [2.05, 4.69) is 278 Å². The highest BCUT2D eigenvalue weighted by molar-refractivity contribution is 7.23. The molecule has 4 heteroatoms. The number of benzene rings is 11. The number of nitrogens with zero attached hydrogens (tertiary/aromatic N) is 2. The Kier molecular flexibility index (Phi) is 8.87. The van der Waals surface area contributed by atoms with Crippen LogP contribution in [0.4, 0.5) is 0 Å². The lowest BCUT2D eigenvalue weighted by Gasteiger charge is -2.31. The zero-order valence-corrected chi connectivity index (χ0v) is 42.1. The molecule has 0 amide bonds. The third kappa shape index (κ3) is 5.53. The SMILES string of the molecule is Cc1ccc2c(c1)c1cc(C)ccc1n2-c1cccc(-n2c3ccc([Si]4(c5ccccc5)c5ccccc5-c5ccccc54)cc3c3cc([Si]4(c5ccccc5)c5ccccc5-c5ccccc54)ccc32)c1. The molecule has 0 aliphatic carbocycles. The minimum Gasteiger partial charge on any atom is -0.309 e. The van der Waals surface area contributed by atoms with Crippen molar-refractivity contribution < 1.29 is 0 Å². The van der Waals surface area contributed by atoms with E-state index in [9.17, 15) is 0 Å². The maximum atomic E-state index is 2.62. The lowest BCUT2D eigenvalue weighted by Crippen LogP contribution is -2.72. The standard InChI is InChI=1S/C68H48N2Si2/c1-45-32-36-61-57(40-45)58-41-46(2)33-37-62(58)69(61)47-18-17-19-48(42-47)70-63-38-34-51(71(49-20-5-3-6-21-49)65-28-13-9-24-53(65)54-25-10-14-29-66(54)71)43-59(63)60-44-52(35-39-64(60)70)72(50-22-7-4-8-23-50)67-30-15-11-26-55(67)56-27-12-16-31-68(56)72/h3-44H,1-2H3. The normalized spacial score (nSPS) is 13.9. The number of aromatic nitrogens is 2. The second kappa shape index (κ2) is 15.5. The molecule has 15 rings (SSSR count). The quantitative estimate of drug-likeness (QED) is 0.147. The largest absolute Gasteiger partial charge is 0.309 e. The molecule has 0 fully saturated rings. The number of hydrogen-bond acceptors (Lipinski definition) is 0. The Hall–Kier alpha value is -8.55. The zero-order chi connectivity index (χ0) is 47.7. The van der Waals surface area contributed by atoms with Crippen molar-refractivity contribution in [2.45, 2.75) is 13.8 Å². The van der Waals surface area contributed by atoms with E-state index in [4.69, 9.17) is 0 Å². The van der Waals surface area contributed by atoms with Crippen LogP contribution in [0.25, 0.3) is 77.2 Å². The highest BCUT2D eigenvalue weighted by Gasteiger charge is 2.50. The van der Waals surface area contributed by atoms with Gasteiger partial charge in [-0.15, -0.1) is 0 Å². The molecule has 11 aromatic carbocycles. The molecule has 0 spiro atoms. The van der Waals surface area contributed by atoms with Crippen LogP contribution in [0.15, 0.2) is 255 Å². The molecule has 0 unspecified atom stereocenters. The summed E-state index contributed by atoms with van der Waals surface area (Å²) in [6, 6.07) is 97.9. The van der Waals surface area contributed by atoms with E-state index in [0.717, 1.165) is 11.4 Å². The molecule has 0 saturated heterocycles. The van der Waals surface area contributed by atoms with Gasteiger partial charge in [-0.3, -0.25) is 0 Å². The van der Waals surface area contributed by atoms with Gasteiger partial charge in [0.2, 0.25) is 0 Å². The Morgan fingerprint density at radius 1 is 0.250 bits per heavy atom. The lowest BCUT2D eigenvalue weighted by molar-refractivity contribution is 1.13. The van der Waals surface area contributed by atoms with E-state index in [1.54, 1.807) is 0 Å². The van der Waals surface area contributed by atoms with Gasteiger partial charge >= 0.3 is 0 Å². The summed E-state index contributed by atoms with van der Waals surface area (Å²) in [5, 5.41) is 16.6. The van der Waals surface area contributed by atoms with Crippen molar-refractivity contribution in [1.29, 1.82) is 0 Å². The monoisotopic (exact) mass is 948 g/mol. The summed E-state index contributed by atoms with van der Waals surface area (Å²) in [5.74, 6) is 0. The average molecular weight is 949 g/mol. The first kappa shape index (κ1) is 41.3. The zero-order valence-electron chi connectivity index (χ0n) is 40.1. The van der Waals surface area contributed by atoms with Crippen LogP contribution in [0.5, 0.6) is 0 Å². The third-order valence-electron chi connectivity index (χ3n) is 16.4. The summed E-state index contributed by atoms with van der Waals surface area (Å²) in [4.78, 5) is 0. The second-order valence-electron chi connectivity index (χ2n) is 20.1. The summed E-state index contributed by atoms with van der Waals surface area (Å²) < 4.78 is 5.01. The highest BCUT2D eigenvalue weighted by atomic mass is 28.3. The van der Waals surface area contributed by atoms with E-state index >= 15 is 0 Å². The molecule has 0 N–H and O–H groups in total. The van der Waals surface area contributed by atoms with E-state index < -0.39 is 16.1 Å². The van der Waals surface area contributed by atoms with Crippen LogP contribution >= 0.6 is 0 Å². The molecule has 2 aliphatic rings. The molecule has 2 aliphatic heterocycles. The maximum absolute atomic E-state index is 2.81. The summed E-state index contributed by atoms with van der Waals surface area (Å²) in [7, 11) is -5.62. The van der Waals surface area contributed by atoms with Crippen LogP contribution in [0.3, 0.4) is 0 Å². The molecule has 2 nitrogen and oxygen atoms in total. The maximum Gasteiger partial charge on any atom is 0.180 e. The van der Waals surface area contributed by atoms with Crippen LogP contribution in [-0.2, 0) is 0 Å². The lowest BCUT2D eigenvalue weighted by atomic mass is 10.1. The molecule has 13 aromatic rings. The van der Waals surface area contributed by atoms with Crippen molar-refractivity contribution in [3.63, 3.8) is 0 Å². The second-order valence-corrected chi connectivity index (χ2v) is 27.6. The first-order valence-corrected chi connectivity index (χ1v) is 29.2. The van der Waals surface area contributed by atoms with Crippen LogP contribution in [0.2, 0.25) is 0 Å². The van der Waals surface area contributed by atoms with Gasteiger partial charge in [-0.25, -0.2) is 0 Å². The van der Waals surface area contributed by atoms with E-state index in [1.807, 2.05) is 0 Å². The van der Waals surface area contributed by atoms with E-state index in [-0.39, 0.29) is 0 Å². The molecule has 0 saturated carbocycles. The van der Waals surface area contributed by atoms with Crippen molar-refractivity contribution in [3.8, 4) is 33.6 Å². The molecular formula is C68H48N2Si2. The molecule has 72 heavy (non-hydrogen) atoms. The average Bonchev–Trinajstić information content (AvgIpc) is 4.14. The van der Waals surface area contributed by atoms with Crippen molar-refractivity contribution in [3.05, 3.63) is 266 Å². The topological polar surface area (TPSA) is 9.86 Å². The van der Waals surface area contributed by atoms with Gasteiger partial charge in [0.05, 0.1) is 22.1 Å². The fourth-order valence-electron chi connectivity index (χ4n) is 13.5. The number of hydrogen-bond donors (Lipinski definition) is 0. The fourth-order valence-corrected chi connectivity index (χ4v) is 23.9. The molecule has 2 aromatic heterocycles. The van der Waals surface area contributed by atoms with Gasteiger partial charge in [-0.1, -0.05) is 211 Å². The summed E-state index contributed by atoms with van der Waals surface area (Å²) in [6.45, 7) is 4.39.